The van der Waals surface area contributed by atoms with E-state index in [2.05, 4.69) is 20.9 Å². The van der Waals surface area contributed by atoms with Gasteiger partial charge in [-0.3, -0.25) is 9.59 Å². The van der Waals surface area contributed by atoms with Gasteiger partial charge in [-0.1, -0.05) is 10.3 Å². The molecule has 4 N–H and O–H groups in total. The largest absolute Gasteiger partial charge is 1.00 e. The van der Waals surface area contributed by atoms with E-state index in [1.165, 1.54) is 0 Å². The Morgan fingerprint density at radius 3 is 1.56 bits per heavy atom. The summed E-state index contributed by atoms with van der Waals surface area (Å²) in [5.41, 5.74) is 1.27. The molecule has 32 heavy (non-hydrogen) atoms. The van der Waals surface area contributed by atoms with Crippen LogP contribution < -0.4 is 53.7 Å². The summed E-state index contributed by atoms with van der Waals surface area (Å²) < 4.78 is 4.00. The van der Waals surface area contributed by atoms with Gasteiger partial charge in [0.25, 0.3) is 11.8 Å². The fourth-order valence-corrected chi connectivity index (χ4v) is 2.87. The third kappa shape index (κ3) is 11.5. The number of carbonyl (C=O) groups excluding carboxylic acids is 2. The summed E-state index contributed by atoms with van der Waals surface area (Å²) >= 11 is 0. The highest BCUT2D eigenvalue weighted by atomic mass is 79.9. The summed E-state index contributed by atoms with van der Waals surface area (Å²) in [5.74, 6) is -0.976. The van der Waals surface area contributed by atoms with Crippen LogP contribution in [-0.2, 0) is 22.7 Å². The number of nitrogens with one attached hydrogen (secondary N) is 2. The van der Waals surface area contributed by atoms with Crippen LogP contribution in [-0.4, -0.2) is 34.7 Å². The predicted octanol–water partition coefficient (Wildman–Crippen LogP) is -4.67. The summed E-state index contributed by atoms with van der Waals surface area (Å²) in [4.78, 5) is 22.8. The zero-order chi connectivity index (χ0) is 21.6. The van der Waals surface area contributed by atoms with Crippen LogP contribution in [0.4, 0.5) is 11.4 Å². The minimum atomic E-state index is -0.488. The van der Waals surface area contributed by atoms with Gasteiger partial charge >= 0.3 is 0 Å². The molecular formula is C20H26Br2N6O4. The van der Waals surface area contributed by atoms with E-state index < -0.39 is 11.8 Å². The Bertz CT molecular complexity index is 838. The standard InChI is InChI=1S/C20H24N6O4.2BrH/c27-19(13-21-29)23-17-7-5-11-25(15-17)9-3-1-2-4-10-26-12-6-8-18(16-26)24-20(28)14-22-30;;/h5-8,11-16H,1-4,9-10H2,(H2-2,23,24,27,28,29,30);2*1H. The van der Waals surface area contributed by atoms with E-state index in [1.54, 1.807) is 12.1 Å². The number of oxime groups is 2. The normalized spacial score (nSPS) is 10.4. The maximum Gasteiger partial charge on any atom is 0.270 e. The molecule has 12 heteroatoms. The van der Waals surface area contributed by atoms with E-state index in [0.717, 1.165) is 51.2 Å². The number of unbranched alkanes of at least 4 members (excludes halogenated alkanes) is 3. The van der Waals surface area contributed by atoms with E-state index >= 15 is 0 Å². The van der Waals surface area contributed by atoms with Crippen LogP contribution in [0.1, 0.15) is 25.7 Å². The highest BCUT2D eigenvalue weighted by Crippen LogP contribution is 2.05. The number of hydrogen-bond acceptors (Lipinski definition) is 6. The molecule has 0 aliphatic carbocycles. The average molecular weight is 574 g/mol. The van der Waals surface area contributed by atoms with E-state index in [1.807, 2.05) is 46.1 Å². The Balaban J connectivity index is 0.00000480. The molecule has 0 spiro atoms. The molecule has 0 fully saturated rings. The molecule has 2 aromatic rings. The first-order valence-electron chi connectivity index (χ1n) is 9.56. The van der Waals surface area contributed by atoms with Crippen molar-refractivity contribution in [2.24, 2.45) is 10.3 Å². The van der Waals surface area contributed by atoms with Crippen molar-refractivity contribution in [3.63, 3.8) is 0 Å². The van der Waals surface area contributed by atoms with Crippen LogP contribution in [0.3, 0.4) is 0 Å². The number of rotatable bonds is 11. The second-order valence-electron chi connectivity index (χ2n) is 6.54. The maximum atomic E-state index is 11.4. The van der Waals surface area contributed by atoms with Crippen molar-refractivity contribution in [3.05, 3.63) is 49.1 Å². The molecule has 0 aliphatic heterocycles. The fourth-order valence-electron chi connectivity index (χ4n) is 2.87. The van der Waals surface area contributed by atoms with Crippen molar-refractivity contribution < 1.29 is 63.1 Å². The molecule has 0 bridgehead atoms. The van der Waals surface area contributed by atoms with Gasteiger partial charge in [0.15, 0.2) is 24.8 Å². The van der Waals surface area contributed by atoms with Crippen LogP contribution in [0.5, 0.6) is 0 Å². The Labute approximate surface area is 207 Å². The molecule has 2 heterocycles. The third-order valence-electron chi connectivity index (χ3n) is 4.18. The topological polar surface area (TPSA) is 131 Å². The third-order valence-corrected chi connectivity index (χ3v) is 4.18. The highest BCUT2D eigenvalue weighted by Gasteiger charge is 2.07. The Morgan fingerprint density at radius 2 is 1.19 bits per heavy atom. The first kappa shape index (κ1) is 29.1. The lowest BCUT2D eigenvalue weighted by molar-refractivity contribution is -0.698. The van der Waals surface area contributed by atoms with Gasteiger partial charge < -0.3 is 55.0 Å². The molecule has 0 saturated carbocycles. The van der Waals surface area contributed by atoms with Gasteiger partial charge in [0, 0.05) is 25.0 Å². The summed E-state index contributed by atoms with van der Waals surface area (Å²) in [7, 11) is 0. The van der Waals surface area contributed by atoms with Crippen LogP contribution in [0, 0.1) is 0 Å². The number of anilines is 2. The molecule has 2 amide bonds. The number of aromatic nitrogens is 2. The first-order chi connectivity index (χ1) is 14.6. The Hall–Kier alpha value is -2.86. The summed E-state index contributed by atoms with van der Waals surface area (Å²) in [6, 6.07) is 7.23. The van der Waals surface area contributed by atoms with E-state index in [0.29, 0.717) is 11.4 Å². The minimum Gasteiger partial charge on any atom is -1.00 e. The number of carbonyl (C=O) groups is 2. The number of nitrogens with zero attached hydrogens (tertiary/aromatic N) is 4. The molecule has 10 nitrogen and oxygen atoms in total. The number of halogens is 2. The lowest BCUT2D eigenvalue weighted by atomic mass is 10.2. The predicted molar refractivity (Wildman–Crippen MR) is 110 cm³/mol. The molecule has 0 atom stereocenters. The maximum absolute atomic E-state index is 11.4. The molecule has 2 rings (SSSR count). The van der Waals surface area contributed by atoms with E-state index in [-0.39, 0.29) is 34.0 Å². The second kappa shape index (κ2) is 16.8. The fraction of sp³-hybridized carbons (Fsp3) is 0.300. The van der Waals surface area contributed by atoms with Crippen LogP contribution in [0.15, 0.2) is 59.4 Å². The van der Waals surface area contributed by atoms with Crippen LogP contribution in [0.25, 0.3) is 0 Å². The van der Waals surface area contributed by atoms with Crippen LogP contribution >= 0.6 is 0 Å². The number of hydrogen-bond donors (Lipinski definition) is 4. The minimum absolute atomic E-state index is 0. The zero-order valence-electron chi connectivity index (χ0n) is 17.3. The van der Waals surface area contributed by atoms with Crippen molar-refractivity contribution in [2.45, 2.75) is 38.8 Å². The van der Waals surface area contributed by atoms with E-state index in [9.17, 15) is 9.59 Å². The van der Waals surface area contributed by atoms with Crippen molar-refractivity contribution in [1.82, 2.24) is 0 Å². The van der Waals surface area contributed by atoms with Crippen molar-refractivity contribution in [1.29, 1.82) is 0 Å². The molecule has 0 aliphatic rings. The first-order valence-corrected chi connectivity index (χ1v) is 9.56. The quantitative estimate of drug-likeness (QED) is 0.0707. The Morgan fingerprint density at radius 1 is 0.781 bits per heavy atom. The van der Waals surface area contributed by atoms with Crippen molar-refractivity contribution in [3.8, 4) is 0 Å². The molecule has 0 aromatic carbocycles. The zero-order valence-corrected chi connectivity index (χ0v) is 20.4. The van der Waals surface area contributed by atoms with Crippen molar-refractivity contribution in [2.75, 3.05) is 10.6 Å². The van der Waals surface area contributed by atoms with E-state index in [4.69, 9.17) is 10.4 Å². The lowest BCUT2D eigenvalue weighted by Crippen LogP contribution is -3.00. The Kier molecular flexibility index (Phi) is 15.3. The van der Waals surface area contributed by atoms with Gasteiger partial charge in [-0.2, -0.15) is 0 Å². The number of aryl methyl sites for hydroxylation is 2. The van der Waals surface area contributed by atoms with Gasteiger partial charge in [0.2, 0.25) is 0 Å². The molecule has 0 radical (unpaired) electrons. The summed E-state index contributed by atoms with van der Waals surface area (Å²) in [6.45, 7) is 1.66. The van der Waals surface area contributed by atoms with Gasteiger partial charge in [-0.25, -0.2) is 9.13 Å². The smallest absolute Gasteiger partial charge is 0.270 e. The molecular weight excluding hydrogens is 548 g/mol. The molecule has 174 valence electrons. The SMILES string of the molecule is O=C(/C=N\O)Nc1ccc[n+](CCCCCC[n+]2cccc(NC(=O)/C=N\O)c2)c1.[Br-].[Br-]. The molecule has 2 aromatic heterocycles. The summed E-state index contributed by atoms with van der Waals surface area (Å²) in [5, 5.41) is 27.4. The highest BCUT2D eigenvalue weighted by molar-refractivity contribution is 6.31. The summed E-state index contributed by atoms with van der Waals surface area (Å²) in [6.07, 6.45) is 13.3. The van der Waals surface area contributed by atoms with Crippen molar-refractivity contribution >= 4 is 35.6 Å². The average Bonchev–Trinajstić information content (AvgIpc) is 2.71. The van der Waals surface area contributed by atoms with Gasteiger partial charge in [-0.15, -0.1) is 0 Å². The van der Waals surface area contributed by atoms with Crippen LogP contribution in [0.2, 0.25) is 0 Å². The number of pyridine rings is 2. The van der Waals surface area contributed by atoms with Gasteiger partial charge in [0.05, 0.1) is 0 Å². The van der Waals surface area contributed by atoms with Gasteiger partial charge in [0.1, 0.15) is 36.9 Å². The molecule has 0 unspecified atom stereocenters. The molecule has 0 saturated heterocycles. The number of amides is 2. The second-order valence-corrected chi connectivity index (χ2v) is 6.54. The van der Waals surface area contributed by atoms with Gasteiger partial charge in [-0.05, 0) is 25.0 Å². The monoisotopic (exact) mass is 572 g/mol. The lowest BCUT2D eigenvalue weighted by Gasteiger charge is -2.03.